The van der Waals surface area contributed by atoms with E-state index in [4.69, 9.17) is 9.47 Å². The number of hydrogen-bond donors (Lipinski definition) is 1. The summed E-state index contributed by atoms with van der Waals surface area (Å²) < 4.78 is 10.7. The van der Waals surface area contributed by atoms with E-state index in [2.05, 4.69) is 5.32 Å². The van der Waals surface area contributed by atoms with Crippen molar-refractivity contribution in [3.63, 3.8) is 0 Å². The molecule has 0 spiro atoms. The van der Waals surface area contributed by atoms with Crippen LogP contribution in [-0.2, 0) is 11.3 Å². The number of carbonyl (C=O) groups excluding carboxylic acids is 1. The van der Waals surface area contributed by atoms with Crippen molar-refractivity contribution in [3.05, 3.63) is 52.2 Å². The first-order chi connectivity index (χ1) is 10.7. The Balaban J connectivity index is 1.95. The van der Waals surface area contributed by atoms with Crippen LogP contribution in [0.3, 0.4) is 0 Å². The van der Waals surface area contributed by atoms with Gasteiger partial charge in [0, 0.05) is 11.0 Å². The van der Waals surface area contributed by atoms with Crippen LogP contribution in [-0.4, -0.2) is 19.6 Å². The lowest BCUT2D eigenvalue weighted by Gasteiger charge is -2.09. The van der Waals surface area contributed by atoms with Crippen molar-refractivity contribution in [3.8, 4) is 11.5 Å². The highest BCUT2D eigenvalue weighted by atomic mass is 32.1. The maximum absolute atomic E-state index is 11.8. The molecule has 0 saturated carbocycles. The van der Waals surface area contributed by atoms with Crippen LogP contribution in [0, 0.1) is 0 Å². The Morgan fingerprint density at radius 3 is 2.86 bits per heavy atom. The molecule has 4 nitrogen and oxygen atoms in total. The highest BCUT2D eigenvalue weighted by molar-refractivity contribution is 7.09. The number of methoxy groups -OCH3 is 1. The van der Waals surface area contributed by atoms with Crippen LogP contribution >= 0.6 is 11.3 Å². The van der Waals surface area contributed by atoms with E-state index in [-0.39, 0.29) is 5.91 Å². The van der Waals surface area contributed by atoms with E-state index in [0.29, 0.717) is 24.7 Å². The molecule has 1 aromatic carbocycles. The first-order valence-electron chi connectivity index (χ1n) is 7.02. The summed E-state index contributed by atoms with van der Waals surface area (Å²) in [6.07, 6.45) is 3.27. The average molecular weight is 317 g/mol. The summed E-state index contributed by atoms with van der Waals surface area (Å²) in [4.78, 5) is 12.9. The predicted molar refractivity (Wildman–Crippen MR) is 89.4 cm³/mol. The van der Waals surface area contributed by atoms with Crippen LogP contribution in [0.2, 0.25) is 0 Å². The summed E-state index contributed by atoms with van der Waals surface area (Å²) in [7, 11) is 1.60. The van der Waals surface area contributed by atoms with Gasteiger partial charge < -0.3 is 14.8 Å². The Morgan fingerprint density at radius 1 is 1.32 bits per heavy atom. The first-order valence-corrected chi connectivity index (χ1v) is 7.90. The molecular formula is C17H19NO3S. The van der Waals surface area contributed by atoms with E-state index >= 15 is 0 Å². The van der Waals surface area contributed by atoms with Gasteiger partial charge in [-0.05, 0) is 42.1 Å². The summed E-state index contributed by atoms with van der Waals surface area (Å²) in [5.41, 5.74) is 0.881. The molecule has 2 rings (SSSR count). The minimum absolute atomic E-state index is 0.124. The van der Waals surface area contributed by atoms with Gasteiger partial charge in [0.2, 0.25) is 5.91 Å². The number of thiophene rings is 1. The lowest BCUT2D eigenvalue weighted by atomic mass is 10.2. The smallest absolute Gasteiger partial charge is 0.244 e. The van der Waals surface area contributed by atoms with Gasteiger partial charge >= 0.3 is 0 Å². The van der Waals surface area contributed by atoms with Crippen molar-refractivity contribution in [2.45, 2.75) is 13.5 Å². The van der Waals surface area contributed by atoms with Gasteiger partial charge in [-0.2, -0.15) is 0 Å². The Hall–Kier alpha value is -2.27. The molecule has 1 amide bonds. The molecule has 2 aromatic rings. The van der Waals surface area contributed by atoms with Crippen molar-refractivity contribution >= 4 is 23.3 Å². The lowest BCUT2D eigenvalue weighted by molar-refractivity contribution is -0.116. The minimum atomic E-state index is -0.124. The number of carbonyl (C=O) groups is 1. The second kappa shape index (κ2) is 8.24. The van der Waals surface area contributed by atoms with Crippen LogP contribution in [0.5, 0.6) is 11.5 Å². The number of hydrogen-bond acceptors (Lipinski definition) is 4. The van der Waals surface area contributed by atoms with Crippen molar-refractivity contribution in [1.82, 2.24) is 5.32 Å². The van der Waals surface area contributed by atoms with E-state index in [1.165, 1.54) is 6.08 Å². The number of benzene rings is 1. The third-order valence-corrected chi connectivity index (χ3v) is 3.81. The zero-order valence-electron chi connectivity index (χ0n) is 12.7. The molecule has 0 saturated heterocycles. The molecule has 1 N–H and O–H groups in total. The van der Waals surface area contributed by atoms with Crippen LogP contribution in [0.4, 0.5) is 0 Å². The molecule has 1 aromatic heterocycles. The first kappa shape index (κ1) is 16.1. The highest BCUT2D eigenvalue weighted by Crippen LogP contribution is 2.28. The maximum atomic E-state index is 11.8. The van der Waals surface area contributed by atoms with Gasteiger partial charge in [0.25, 0.3) is 0 Å². The summed E-state index contributed by atoms with van der Waals surface area (Å²) in [6.45, 7) is 3.05. The number of ether oxygens (including phenoxy) is 2. The Bertz CT molecular complexity index is 635. The van der Waals surface area contributed by atoms with Gasteiger partial charge in [0.05, 0.1) is 20.3 Å². The molecule has 0 fully saturated rings. The standard InChI is InChI=1S/C17H19NO3S/c1-3-21-15-8-6-13(11-16(15)20-2)7-9-17(19)18-12-14-5-4-10-22-14/h4-11H,3,12H2,1-2H3,(H,18,19)/b9-7+. The van der Waals surface area contributed by atoms with E-state index in [1.54, 1.807) is 24.5 Å². The fourth-order valence-corrected chi connectivity index (χ4v) is 2.53. The zero-order chi connectivity index (χ0) is 15.8. The van der Waals surface area contributed by atoms with Crippen LogP contribution in [0.25, 0.3) is 6.08 Å². The van der Waals surface area contributed by atoms with Gasteiger partial charge in [0.15, 0.2) is 11.5 Å². The third kappa shape index (κ3) is 4.63. The summed E-state index contributed by atoms with van der Waals surface area (Å²) in [6, 6.07) is 9.52. The number of amides is 1. The van der Waals surface area contributed by atoms with Crippen LogP contribution < -0.4 is 14.8 Å². The molecule has 116 valence electrons. The number of rotatable bonds is 7. The monoisotopic (exact) mass is 317 g/mol. The molecule has 0 aliphatic heterocycles. The summed E-state index contributed by atoms with van der Waals surface area (Å²) >= 11 is 1.62. The molecular weight excluding hydrogens is 298 g/mol. The van der Waals surface area contributed by atoms with Gasteiger partial charge in [0.1, 0.15) is 0 Å². The molecule has 1 heterocycles. The van der Waals surface area contributed by atoms with Crippen molar-refractivity contribution < 1.29 is 14.3 Å². The molecule has 0 aliphatic rings. The maximum Gasteiger partial charge on any atom is 0.244 e. The van der Waals surface area contributed by atoms with E-state index in [9.17, 15) is 4.79 Å². The molecule has 22 heavy (non-hydrogen) atoms. The molecule has 0 unspecified atom stereocenters. The molecule has 0 aliphatic carbocycles. The van der Waals surface area contributed by atoms with Crippen LogP contribution in [0.1, 0.15) is 17.4 Å². The topological polar surface area (TPSA) is 47.6 Å². The lowest BCUT2D eigenvalue weighted by Crippen LogP contribution is -2.19. The van der Waals surface area contributed by atoms with Crippen molar-refractivity contribution in [2.75, 3.05) is 13.7 Å². The fraction of sp³-hybridized carbons (Fsp3) is 0.235. The zero-order valence-corrected chi connectivity index (χ0v) is 13.5. The molecule has 0 bridgehead atoms. The van der Waals surface area contributed by atoms with Crippen molar-refractivity contribution in [2.24, 2.45) is 0 Å². The van der Waals surface area contributed by atoms with Gasteiger partial charge in [-0.15, -0.1) is 11.3 Å². The molecule has 0 atom stereocenters. The van der Waals surface area contributed by atoms with Crippen molar-refractivity contribution in [1.29, 1.82) is 0 Å². The Kier molecular flexibility index (Phi) is 6.03. The van der Waals surface area contributed by atoms with E-state index < -0.39 is 0 Å². The van der Waals surface area contributed by atoms with E-state index in [1.807, 2.05) is 42.6 Å². The normalized spacial score (nSPS) is 10.6. The van der Waals surface area contributed by atoms with E-state index in [0.717, 1.165) is 10.4 Å². The minimum Gasteiger partial charge on any atom is -0.493 e. The van der Waals surface area contributed by atoms with Crippen LogP contribution in [0.15, 0.2) is 41.8 Å². The fourth-order valence-electron chi connectivity index (χ4n) is 1.88. The van der Waals surface area contributed by atoms with Gasteiger partial charge in [-0.25, -0.2) is 0 Å². The largest absolute Gasteiger partial charge is 0.493 e. The Labute approximate surface area is 134 Å². The highest BCUT2D eigenvalue weighted by Gasteiger charge is 2.04. The third-order valence-electron chi connectivity index (χ3n) is 2.93. The summed E-state index contributed by atoms with van der Waals surface area (Å²) in [5.74, 6) is 1.23. The molecule has 0 radical (unpaired) electrons. The number of nitrogens with one attached hydrogen (secondary N) is 1. The quantitative estimate of drug-likeness (QED) is 0.795. The second-order valence-corrected chi connectivity index (χ2v) is 5.51. The summed E-state index contributed by atoms with van der Waals surface area (Å²) in [5, 5.41) is 4.83. The van der Waals surface area contributed by atoms with Gasteiger partial charge in [-0.3, -0.25) is 4.79 Å². The molecule has 5 heteroatoms. The average Bonchev–Trinajstić information content (AvgIpc) is 3.05. The Morgan fingerprint density at radius 2 is 2.18 bits per heavy atom. The van der Waals surface area contributed by atoms with Gasteiger partial charge in [-0.1, -0.05) is 12.1 Å². The second-order valence-electron chi connectivity index (χ2n) is 4.47. The SMILES string of the molecule is CCOc1ccc(/C=C/C(=O)NCc2cccs2)cc1OC. The predicted octanol–water partition coefficient (Wildman–Crippen LogP) is 3.49.